The van der Waals surface area contributed by atoms with E-state index < -0.39 is 0 Å². The number of hydrogen-bond acceptors (Lipinski definition) is 3. The van der Waals surface area contributed by atoms with Crippen LogP contribution in [0.15, 0.2) is 16.7 Å². The molecule has 1 heterocycles. The highest BCUT2D eigenvalue weighted by molar-refractivity contribution is 5.94. The summed E-state index contributed by atoms with van der Waals surface area (Å²) in [6.07, 6.45) is 3.97. The second kappa shape index (κ2) is 4.40. The van der Waals surface area contributed by atoms with Gasteiger partial charge in [-0.2, -0.15) is 5.26 Å². The Bertz CT molecular complexity index is 426. The molecule has 1 aromatic heterocycles. The molecule has 0 unspecified atom stereocenters. The van der Waals surface area contributed by atoms with Gasteiger partial charge in [0.15, 0.2) is 0 Å². The van der Waals surface area contributed by atoms with E-state index in [1.165, 1.54) is 6.26 Å². The molecule has 1 amide bonds. The van der Waals surface area contributed by atoms with Crippen molar-refractivity contribution in [1.82, 2.24) is 4.90 Å². The fourth-order valence-corrected chi connectivity index (χ4v) is 1.73. The number of carbonyl (C=O) groups is 1. The number of nitriles is 1. The molecular weight excluding hydrogens is 204 g/mol. The van der Waals surface area contributed by atoms with E-state index in [1.54, 1.807) is 11.0 Å². The Morgan fingerprint density at radius 2 is 2.44 bits per heavy atom. The monoisotopic (exact) mass is 218 g/mol. The first-order valence-electron chi connectivity index (χ1n) is 5.45. The molecule has 1 aliphatic carbocycles. The molecule has 1 aromatic rings. The van der Waals surface area contributed by atoms with Crippen molar-refractivity contribution in [2.45, 2.75) is 32.2 Å². The van der Waals surface area contributed by atoms with Crippen LogP contribution in [0.4, 0.5) is 0 Å². The summed E-state index contributed by atoms with van der Waals surface area (Å²) in [5.74, 6) is 0.717. The van der Waals surface area contributed by atoms with Crippen LogP contribution in [-0.4, -0.2) is 23.4 Å². The molecule has 4 nitrogen and oxygen atoms in total. The quantitative estimate of drug-likeness (QED) is 0.777. The Morgan fingerprint density at radius 3 is 2.94 bits per heavy atom. The van der Waals surface area contributed by atoms with Crippen LogP contribution in [0.2, 0.25) is 0 Å². The van der Waals surface area contributed by atoms with Crippen LogP contribution in [0.5, 0.6) is 0 Å². The van der Waals surface area contributed by atoms with Gasteiger partial charge in [0.05, 0.1) is 18.1 Å². The minimum Gasteiger partial charge on any atom is -0.469 e. The van der Waals surface area contributed by atoms with Gasteiger partial charge in [0.25, 0.3) is 5.91 Å². The third-order valence-corrected chi connectivity index (χ3v) is 2.69. The third kappa shape index (κ3) is 2.25. The van der Waals surface area contributed by atoms with E-state index in [-0.39, 0.29) is 5.91 Å². The van der Waals surface area contributed by atoms with Crippen LogP contribution >= 0.6 is 0 Å². The molecule has 0 N–H and O–H groups in total. The van der Waals surface area contributed by atoms with Gasteiger partial charge in [-0.15, -0.1) is 0 Å². The van der Waals surface area contributed by atoms with Crippen LogP contribution < -0.4 is 0 Å². The molecule has 0 bridgehead atoms. The number of furan rings is 1. The van der Waals surface area contributed by atoms with Gasteiger partial charge in [0.2, 0.25) is 0 Å². The summed E-state index contributed by atoms with van der Waals surface area (Å²) >= 11 is 0. The highest BCUT2D eigenvalue weighted by Gasteiger charge is 2.33. The second-order valence-corrected chi connectivity index (χ2v) is 4.08. The fourth-order valence-electron chi connectivity index (χ4n) is 1.73. The lowest BCUT2D eigenvalue weighted by Gasteiger charge is -2.20. The van der Waals surface area contributed by atoms with Crippen molar-refractivity contribution in [3.8, 4) is 6.07 Å². The van der Waals surface area contributed by atoms with Crippen LogP contribution in [0.1, 0.15) is 35.4 Å². The highest BCUT2D eigenvalue weighted by Crippen LogP contribution is 2.28. The molecular formula is C12H14N2O2. The van der Waals surface area contributed by atoms with Crippen LogP contribution in [0.25, 0.3) is 0 Å². The number of hydrogen-bond donors (Lipinski definition) is 0. The molecule has 0 aromatic carbocycles. The Hall–Kier alpha value is -1.76. The fraction of sp³-hybridized carbons (Fsp3) is 0.500. The van der Waals surface area contributed by atoms with Gasteiger partial charge in [0, 0.05) is 12.6 Å². The molecule has 0 spiro atoms. The smallest absolute Gasteiger partial charge is 0.257 e. The van der Waals surface area contributed by atoms with Crippen molar-refractivity contribution in [1.29, 1.82) is 5.26 Å². The molecule has 0 saturated heterocycles. The predicted molar refractivity (Wildman–Crippen MR) is 57.7 cm³/mol. The van der Waals surface area contributed by atoms with Gasteiger partial charge in [-0.3, -0.25) is 4.79 Å². The van der Waals surface area contributed by atoms with Gasteiger partial charge in [-0.05, 0) is 25.8 Å². The first kappa shape index (κ1) is 10.7. The van der Waals surface area contributed by atoms with E-state index in [0.717, 1.165) is 18.6 Å². The Morgan fingerprint density at radius 1 is 1.69 bits per heavy atom. The zero-order valence-electron chi connectivity index (χ0n) is 9.27. The second-order valence-electron chi connectivity index (χ2n) is 4.08. The maximum atomic E-state index is 12.1. The number of aryl methyl sites for hydroxylation is 1. The number of rotatable bonds is 4. The van der Waals surface area contributed by atoms with Crippen molar-refractivity contribution in [2.24, 2.45) is 0 Å². The maximum absolute atomic E-state index is 12.1. The highest BCUT2D eigenvalue weighted by atomic mass is 16.3. The summed E-state index contributed by atoms with van der Waals surface area (Å²) in [5.41, 5.74) is 0.585. The normalized spacial score (nSPS) is 14.5. The topological polar surface area (TPSA) is 57.2 Å². The molecule has 0 radical (unpaired) electrons. The standard InChI is InChI=1S/C12H14N2O2/c1-9-7-10(8-16-9)12(15)14(6-2-5-13)11-3-4-11/h7-8,11H,2-4,6H2,1H3. The lowest BCUT2D eigenvalue weighted by atomic mass is 10.2. The summed E-state index contributed by atoms with van der Waals surface area (Å²) in [6, 6.07) is 4.14. The lowest BCUT2D eigenvalue weighted by molar-refractivity contribution is 0.0746. The number of carbonyl (C=O) groups excluding carboxylic acids is 1. The zero-order chi connectivity index (χ0) is 11.5. The summed E-state index contributed by atoms with van der Waals surface area (Å²) in [5, 5.41) is 8.57. The minimum atomic E-state index is -0.0189. The van der Waals surface area contributed by atoms with E-state index in [2.05, 4.69) is 6.07 Å². The Kier molecular flexibility index (Phi) is 2.95. The number of nitrogens with zero attached hydrogens (tertiary/aromatic N) is 2. The molecule has 0 aliphatic heterocycles. The SMILES string of the molecule is Cc1cc(C(=O)N(CCC#N)C2CC2)co1. The van der Waals surface area contributed by atoms with Gasteiger partial charge in [0.1, 0.15) is 12.0 Å². The van der Waals surface area contributed by atoms with Crippen LogP contribution in [0, 0.1) is 18.3 Å². The summed E-state index contributed by atoms with van der Waals surface area (Å²) in [4.78, 5) is 13.9. The van der Waals surface area contributed by atoms with E-state index in [4.69, 9.17) is 9.68 Å². The summed E-state index contributed by atoms with van der Waals surface area (Å²) in [7, 11) is 0. The summed E-state index contributed by atoms with van der Waals surface area (Å²) in [6.45, 7) is 2.33. The van der Waals surface area contributed by atoms with Crippen molar-refractivity contribution in [3.05, 3.63) is 23.7 Å². The molecule has 4 heteroatoms. The van der Waals surface area contributed by atoms with Gasteiger partial charge in [-0.1, -0.05) is 0 Å². The molecule has 16 heavy (non-hydrogen) atoms. The molecule has 84 valence electrons. The predicted octanol–water partition coefficient (Wildman–Crippen LogP) is 2.11. The Balaban J connectivity index is 2.08. The van der Waals surface area contributed by atoms with Crippen molar-refractivity contribution >= 4 is 5.91 Å². The molecule has 1 saturated carbocycles. The maximum Gasteiger partial charge on any atom is 0.257 e. The van der Waals surface area contributed by atoms with E-state index in [1.807, 2.05) is 6.92 Å². The van der Waals surface area contributed by atoms with Crippen molar-refractivity contribution in [2.75, 3.05) is 6.54 Å². The average Bonchev–Trinajstić information content (AvgIpc) is 3.01. The largest absolute Gasteiger partial charge is 0.469 e. The van der Waals surface area contributed by atoms with Crippen LogP contribution in [0.3, 0.4) is 0 Å². The summed E-state index contributed by atoms with van der Waals surface area (Å²) < 4.78 is 5.13. The van der Waals surface area contributed by atoms with Crippen LogP contribution in [-0.2, 0) is 0 Å². The van der Waals surface area contributed by atoms with Crippen molar-refractivity contribution < 1.29 is 9.21 Å². The first-order chi connectivity index (χ1) is 7.72. The van der Waals surface area contributed by atoms with E-state index >= 15 is 0 Å². The number of amides is 1. The zero-order valence-corrected chi connectivity index (χ0v) is 9.27. The minimum absolute atomic E-state index is 0.0189. The van der Waals surface area contributed by atoms with Gasteiger partial charge in [-0.25, -0.2) is 0 Å². The molecule has 2 rings (SSSR count). The third-order valence-electron chi connectivity index (χ3n) is 2.69. The lowest BCUT2D eigenvalue weighted by Crippen LogP contribution is -2.33. The molecule has 1 fully saturated rings. The molecule has 0 atom stereocenters. The first-order valence-corrected chi connectivity index (χ1v) is 5.45. The molecule has 1 aliphatic rings. The van der Waals surface area contributed by atoms with Gasteiger partial charge < -0.3 is 9.32 Å². The van der Waals surface area contributed by atoms with Gasteiger partial charge >= 0.3 is 0 Å². The average molecular weight is 218 g/mol. The van der Waals surface area contributed by atoms with E-state index in [9.17, 15) is 4.79 Å². The van der Waals surface area contributed by atoms with Crippen molar-refractivity contribution in [3.63, 3.8) is 0 Å². The van der Waals surface area contributed by atoms with E-state index in [0.29, 0.717) is 24.6 Å². The Labute approximate surface area is 94.5 Å².